The summed E-state index contributed by atoms with van der Waals surface area (Å²) in [6.07, 6.45) is 0.661. The number of hydrogen-bond donors (Lipinski definition) is 3. The summed E-state index contributed by atoms with van der Waals surface area (Å²) in [5, 5.41) is 2.67. The van der Waals surface area contributed by atoms with Crippen LogP contribution in [0.3, 0.4) is 0 Å². The molecule has 0 heterocycles. The highest BCUT2D eigenvalue weighted by Crippen LogP contribution is 1.98. The first-order valence-electron chi connectivity index (χ1n) is 4.91. The molecule has 0 aliphatic carbocycles. The van der Waals surface area contributed by atoms with Crippen LogP contribution >= 0.6 is 0 Å². The molecule has 0 spiro atoms. The lowest BCUT2D eigenvalue weighted by Gasteiger charge is -2.10. The van der Waals surface area contributed by atoms with Crippen molar-refractivity contribution in [3.05, 3.63) is 0 Å². The zero-order valence-corrected chi connectivity index (χ0v) is 8.99. The van der Waals surface area contributed by atoms with E-state index in [1.165, 1.54) is 0 Å². The Morgan fingerprint density at radius 1 is 1.47 bits per heavy atom. The van der Waals surface area contributed by atoms with Crippen LogP contribution in [0.2, 0.25) is 0 Å². The second-order valence-electron chi connectivity index (χ2n) is 3.29. The highest BCUT2D eigenvalue weighted by Gasteiger charge is 2.10. The number of nitrogens with one attached hydrogen (secondary N) is 1. The fourth-order valence-corrected chi connectivity index (χ4v) is 0.974. The quantitative estimate of drug-likeness (QED) is 0.434. The lowest BCUT2D eigenvalue weighted by Crippen LogP contribution is -2.33. The van der Waals surface area contributed by atoms with Gasteiger partial charge in [-0.1, -0.05) is 6.92 Å². The Morgan fingerprint density at radius 2 is 2.13 bits per heavy atom. The molecule has 88 valence electrons. The van der Waals surface area contributed by atoms with E-state index in [-0.39, 0.29) is 25.0 Å². The van der Waals surface area contributed by atoms with Crippen molar-refractivity contribution in [2.24, 2.45) is 17.4 Å². The molecule has 0 aromatic heterocycles. The SMILES string of the molecule is CC(CCN)C(=O)NCCOCC(N)=O. The van der Waals surface area contributed by atoms with Crippen LogP contribution in [0.1, 0.15) is 13.3 Å². The van der Waals surface area contributed by atoms with Gasteiger partial charge in [0.15, 0.2) is 0 Å². The van der Waals surface area contributed by atoms with Gasteiger partial charge in [-0.2, -0.15) is 0 Å². The normalized spacial score (nSPS) is 12.1. The summed E-state index contributed by atoms with van der Waals surface area (Å²) in [4.78, 5) is 21.6. The predicted octanol–water partition coefficient (Wildman–Crippen LogP) is -1.41. The molecule has 0 rings (SSSR count). The first-order chi connectivity index (χ1) is 7.07. The van der Waals surface area contributed by atoms with Crippen LogP contribution < -0.4 is 16.8 Å². The van der Waals surface area contributed by atoms with Gasteiger partial charge in [-0.25, -0.2) is 0 Å². The first-order valence-corrected chi connectivity index (χ1v) is 4.91. The summed E-state index contributed by atoms with van der Waals surface area (Å²) in [5.41, 5.74) is 10.2. The number of nitrogens with two attached hydrogens (primary N) is 2. The molecule has 0 saturated carbocycles. The number of rotatable bonds is 8. The Balaban J connectivity index is 3.42. The van der Waals surface area contributed by atoms with E-state index in [1.807, 2.05) is 6.92 Å². The van der Waals surface area contributed by atoms with Gasteiger partial charge in [0.2, 0.25) is 11.8 Å². The van der Waals surface area contributed by atoms with Crippen molar-refractivity contribution >= 4 is 11.8 Å². The number of amides is 2. The molecule has 6 heteroatoms. The Hall–Kier alpha value is -1.14. The van der Waals surface area contributed by atoms with E-state index in [9.17, 15) is 9.59 Å². The van der Waals surface area contributed by atoms with Crippen molar-refractivity contribution in [1.29, 1.82) is 0 Å². The van der Waals surface area contributed by atoms with Gasteiger partial charge in [-0.3, -0.25) is 9.59 Å². The van der Waals surface area contributed by atoms with Crippen LogP contribution in [-0.4, -0.2) is 38.1 Å². The van der Waals surface area contributed by atoms with E-state index in [1.54, 1.807) is 0 Å². The van der Waals surface area contributed by atoms with Crippen LogP contribution in [0.5, 0.6) is 0 Å². The molecule has 0 radical (unpaired) electrons. The van der Waals surface area contributed by atoms with E-state index in [2.05, 4.69) is 5.32 Å². The van der Waals surface area contributed by atoms with E-state index in [0.29, 0.717) is 19.5 Å². The van der Waals surface area contributed by atoms with Crippen LogP contribution in [0.4, 0.5) is 0 Å². The molecule has 2 amide bonds. The molecule has 0 bridgehead atoms. The summed E-state index contributed by atoms with van der Waals surface area (Å²) >= 11 is 0. The largest absolute Gasteiger partial charge is 0.370 e. The second kappa shape index (κ2) is 8.19. The number of ether oxygens (including phenoxy) is 1. The molecule has 1 unspecified atom stereocenters. The molecular formula is C9H19N3O3. The molecule has 0 aliphatic rings. The fraction of sp³-hybridized carbons (Fsp3) is 0.778. The summed E-state index contributed by atoms with van der Waals surface area (Å²) in [6, 6.07) is 0. The molecule has 0 fully saturated rings. The van der Waals surface area contributed by atoms with Gasteiger partial charge in [0, 0.05) is 12.5 Å². The molecule has 0 aliphatic heterocycles. The van der Waals surface area contributed by atoms with E-state index in [4.69, 9.17) is 16.2 Å². The highest BCUT2D eigenvalue weighted by atomic mass is 16.5. The third-order valence-electron chi connectivity index (χ3n) is 1.84. The van der Waals surface area contributed by atoms with Crippen molar-refractivity contribution in [2.75, 3.05) is 26.3 Å². The molecular weight excluding hydrogens is 198 g/mol. The Labute approximate surface area is 89.3 Å². The molecule has 1 atom stereocenters. The van der Waals surface area contributed by atoms with Gasteiger partial charge >= 0.3 is 0 Å². The maximum Gasteiger partial charge on any atom is 0.243 e. The van der Waals surface area contributed by atoms with Gasteiger partial charge in [-0.15, -0.1) is 0 Å². The first kappa shape index (κ1) is 13.9. The second-order valence-corrected chi connectivity index (χ2v) is 3.29. The number of carbonyl (C=O) groups excluding carboxylic acids is 2. The molecule has 6 nitrogen and oxygen atoms in total. The lowest BCUT2D eigenvalue weighted by molar-refractivity contribution is -0.125. The maximum absolute atomic E-state index is 11.3. The summed E-state index contributed by atoms with van der Waals surface area (Å²) in [5.74, 6) is -0.660. The standard InChI is InChI=1S/C9H19N3O3/c1-7(2-3-10)9(14)12-4-5-15-6-8(11)13/h7H,2-6,10H2,1H3,(H2,11,13)(H,12,14). The van der Waals surface area contributed by atoms with Crippen LogP contribution in [0, 0.1) is 5.92 Å². The average Bonchev–Trinajstić information content (AvgIpc) is 2.16. The minimum Gasteiger partial charge on any atom is -0.370 e. The highest BCUT2D eigenvalue weighted by molar-refractivity contribution is 5.78. The molecule has 5 N–H and O–H groups in total. The average molecular weight is 217 g/mol. The zero-order chi connectivity index (χ0) is 11.7. The summed E-state index contributed by atoms with van der Waals surface area (Å²) < 4.78 is 4.87. The topological polar surface area (TPSA) is 107 Å². The lowest BCUT2D eigenvalue weighted by atomic mass is 10.1. The van der Waals surface area contributed by atoms with Gasteiger partial charge < -0.3 is 21.5 Å². The molecule has 15 heavy (non-hydrogen) atoms. The Morgan fingerprint density at radius 3 is 2.67 bits per heavy atom. The van der Waals surface area contributed by atoms with Crippen LogP contribution in [0.25, 0.3) is 0 Å². The predicted molar refractivity (Wildman–Crippen MR) is 55.9 cm³/mol. The van der Waals surface area contributed by atoms with Crippen molar-refractivity contribution in [3.8, 4) is 0 Å². The summed E-state index contributed by atoms with van der Waals surface area (Å²) in [7, 11) is 0. The number of primary amides is 1. The summed E-state index contributed by atoms with van der Waals surface area (Å²) in [6.45, 7) is 2.85. The number of carbonyl (C=O) groups is 2. The fourth-order valence-electron chi connectivity index (χ4n) is 0.974. The van der Waals surface area contributed by atoms with Crippen LogP contribution in [0.15, 0.2) is 0 Å². The van der Waals surface area contributed by atoms with Crippen molar-refractivity contribution in [1.82, 2.24) is 5.32 Å². The van der Waals surface area contributed by atoms with Gasteiger partial charge in [0.05, 0.1) is 6.61 Å². The van der Waals surface area contributed by atoms with Gasteiger partial charge in [0.25, 0.3) is 0 Å². The molecule has 0 aromatic rings. The number of hydrogen-bond acceptors (Lipinski definition) is 4. The molecule has 0 saturated heterocycles. The van der Waals surface area contributed by atoms with Crippen molar-refractivity contribution < 1.29 is 14.3 Å². The van der Waals surface area contributed by atoms with Crippen molar-refractivity contribution in [2.45, 2.75) is 13.3 Å². The van der Waals surface area contributed by atoms with E-state index in [0.717, 1.165) is 0 Å². The Bertz CT molecular complexity index is 209. The smallest absolute Gasteiger partial charge is 0.243 e. The van der Waals surface area contributed by atoms with E-state index >= 15 is 0 Å². The van der Waals surface area contributed by atoms with Gasteiger partial charge in [-0.05, 0) is 13.0 Å². The zero-order valence-electron chi connectivity index (χ0n) is 8.99. The van der Waals surface area contributed by atoms with Crippen molar-refractivity contribution in [3.63, 3.8) is 0 Å². The minimum absolute atomic E-state index is 0.0527. The van der Waals surface area contributed by atoms with E-state index < -0.39 is 5.91 Å². The Kier molecular flexibility index (Phi) is 7.57. The molecule has 0 aromatic carbocycles. The van der Waals surface area contributed by atoms with Gasteiger partial charge in [0.1, 0.15) is 6.61 Å². The monoisotopic (exact) mass is 217 g/mol. The third-order valence-corrected chi connectivity index (χ3v) is 1.84. The third kappa shape index (κ3) is 7.90. The minimum atomic E-state index is -0.516. The maximum atomic E-state index is 11.3. The van der Waals surface area contributed by atoms with Crippen LogP contribution in [-0.2, 0) is 14.3 Å².